The van der Waals surface area contributed by atoms with E-state index >= 15 is 0 Å². The molecule has 1 aliphatic heterocycles. The van der Waals surface area contributed by atoms with E-state index in [-0.39, 0.29) is 17.2 Å². The monoisotopic (exact) mass is 336 g/mol. The molecule has 0 spiro atoms. The minimum absolute atomic E-state index is 0.181. The highest BCUT2D eigenvalue weighted by atomic mass is 19.1. The molecule has 1 fully saturated rings. The molecule has 0 atom stereocenters. The molecule has 7 heteroatoms. The fourth-order valence-corrected chi connectivity index (χ4v) is 2.12. The number of esters is 2. The van der Waals surface area contributed by atoms with Gasteiger partial charge in [-0.15, -0.1) is 0 Å². The van der Waals surface area contributed by atoms with Crippen molar-refractivity contribution < 1.29 is 23.5 Å². The zero-order chi connectivity index (χ0) is 17.7. The Morgan fingerprint density at radius 1 is 1.12 bits per heavy atom. The van der Waals surface area contributed by atoms with E-state index in [0.29, 0.717) is 12.2 Å². The summed E-state index contributed by atoms with van der Waals surface area (Å²) in [6.07, 6.45) is 1.78. The molecule has 6 nitrogen and oxygen atoms in total. The molecule has 0 radical (unpaired) electrons. The molecule has 2 N–H and O–H groups in total. The van der Waals surface area contributed by atoms with Crippen LogP contribution in [0.2, 0.25) is 0 Å². The number of carbonyl (C=O) groups is 2. The topological polar surface area (TPSA) is 76.7 Å². The van der Waals surface area contributed by atoms with Crippen LogP contribution in [-0.4, -0.2) is 24.3 Å². The molecule has 0 aliphatic carbocycles. The maximum atomic E-state index is 13.0. The maximum Gasteiger partial charge on any atom is 0.352 e. The van der Waals surface area contributed by atoms with Crippen molar-refractivity contribution in [2.24, 2.45) is 0 Å². The standard InChI is InChI=1S/C17H21FN2O4/c1-4-5-10-19-14(20-12-8-6-11(18)7-9-12)13-15(21)23-17(2,3)24-16(13)22/h6-9,19-20H,4-5,10H2,1-3H3. The Balaban J connectivity index is 2.31. The Kier molecular flexibility index (Phi) is 5.43. The van der Waals surface area contributed by atoms with Crippen molar-refractivity contribution in [1.82, 2.24) is 5.32 Å². The Hall–Kier alpha value is -2.57. The van der Waals surface area contributed by atoms with Gasteiger partial charge in [0.05, 0.1) is 0 Å². The predicted molar refractivity (Wildman–Crippen MR) is 86.2 cm³/mol. The minimum Gasteiger partial charge on any atom is -0.419 e. The minimum atomic E-state index is -1.30. The summed E-state index contributed by atoms with van der Waals surface area (Å²) in [5, 5.41) is 5.94. The number of anilines is 1. The molecule has 1 aromatic carbocycles. The van der Waals surface area contributed by atoms with Crippen LogP contribution in [0.3, 0.4) is 0 Å². The summed E-state index contributed by atoms with van der Waals surface area (Å²) < 4.78 is 23.3. The lowest BCUT2D eigenvalue weighted by Crippen LogP contribution is -2.44. The van der Waals surface area contributed by atoms with Crippen LogP contribution < -0.4 is 10.6 Å². The second-order valence-corrected chi connectivity index (χ2v) is 5.84. The van der Waals surface area contributed by atoms with Gasteiger partial charge in [-0.1, -0.05) is 13.3 Å². The number of ether oxygens (including phenoxy) is 2. The van der Waals surface area contributed by atoms with Gasteiger partial charge in [-0.05, 0) is 30.7 Å². The molecule has 1 aromatic rings. The van der Waals surface area contributed by atoms with E-state index in [9.17, 15) is 14.0 Å². The van der Waals surface area contributed by atoms with Crippen molar-refractivity contribution in [2.75, 3.05) is 11.9 Å². The Morgan fingerprint density at radius 3 is 2.25 bits per heavy atom. The van der Waals surface area contributed by atoms with Crippen LogP contribution in [0, 0.1) is 5.82 Å². The number of cyclic esters (lactones) is 2. The van der Waals surface area contributed by atoms with E-state index < -0.39 is 17.7 Å². The molecule has 0 unspecified atom stereocenters. The van der Waals surface area contributed by atoms with Crippen molar-refractivity contribution in [3.8, 4) is 0 Å². The summed E-state index contributed by atoms with van der Waals surface area (Å²) in [6, 6.07) is 5.55. The van der Waals surface area contributed by atoms with Gasteiger partial charge in [0.15, 0.2) is 5.57 Å². The SMILES string of the molecule is CCCCNC(Nc1ccc(F)cc1)=C1C(=O)OC(C)(C)OC1=O. The summed E-state index contributed by atoms with van der Waals surface area (Å²) in [5.74, 6) is -3.05. The first-order valence-electron chi connectivity index (χ1n) is 7.80. The normalized spacial score (nSPS) is 16.2. The molecular weight excluding hydrogens is 315 g/mol. The summed E-state index contributed by atoms with van der Waals surface area (Å²) in [5.41, 5.74) is 0.281. The van der Waals surface area contributed by atoms with E-state index in [1.54, 1.807) is 0 Å². The lowest BCUT2D eigenvalue weighted by Gasteiger charge is -2.31. The Bertz CT molecular complexity index is 631. The van der Waals surface area contributed by atoms with E-state index in [2.05, 4.69) is 10.6 Å². The first-order valence-corrected chi connectivity index (χ1v) is 7.80. The molecule has 0 amide bonds. The molecule has 0 bridgehead atoms. The van der Waals surface area contributed by atoms with Crippen LogP contribution in [-0.2, 0) is 19.1 Å². The van der Waals surface area contributed by atoms with Crippen LogP contribution in [0.1, 0.15) is 33.6 Å². The van der Waals surface area contributed by atoms with E-state index in [1.165, 1.54) is 38.1 Å². The summed E-state index contributed by atoms with van der Waals surface area (Å²) >= 11 is 0. The van der Waals surface area contributed by atoms with Crippen LogP contribution in [0.25, 0.3) is 0 Å². The molecule has 130 valence electrons. The van der Waals surface area contributed by atoms with Crippen molar-refractivity contribution in [3.63, 3.8) is 0 Å². The quantitative estimate of drug-likeness (QED) is 0.360. The second kappa shape index (κ2) is 7.33. The maximum absolute atomic E-state index is 13.0. The highest BCUT2D eigenvalue weighted by Crippen LogP contribution is 2.24. The lowest BCUT2D eigenvalue weighted by atomic mass is 10.2. The zero-order valence-electron chi connectivity index (χ0n) is 13.9. The van der Waals surface area contributed by atoms with Crippen LogP contribution in [0.4, 0.5) is 10.1 Å². The molecular formula is C17H21FN2O4. The summed E-state index contributed by atoms with van der Waals surface area (Å²) in [6.45, 7) is 5.54. The van der Waals surface area contributed by atoms with Gasteiger partial charge in [-0.3, -0.25) is 0 Å². The fraction of sp³-hybridized carbons (Fsp3) is 0.412. The molecule has 24 heavy (non-hydrogen) atoms. The van der Waals surface area contributed by atoms with E-state index in [1.807, 2.05) is 6.92 Å². The number of carbonyl (C=O) groups excluding carboxylic acids is 2. The number of nitrogens with one attached hydrogen (secondary N) is 2. The summed E-state index contributed by atoms with van der Waals surface area (Å²) in [7, 11) is 0. The molecule has 0 saturated carbocycles. The third-order valence-electron chi connectivity index (χ3n) is 3.28. The number of benzene rings is 1. The third kappa shape index (κ3) is 4.47. The number of hydrogen-bond acceptors (Lipinski definition) is 6. The van der Waals surface area contributed by atoms with Gasteiger partial charge in [0.25, 0.3) is 5.79 Å². The second-order valence-electron chi connectivity index (χ2n) is 5.84. The number of hydrogen-bond donors (Lipinski definition) is 2. The van der Waals surface area contributed by atoms with Gasteiger partial charge in [0, 0.05) is 26.1 Å². The van der Waals surface area contributed by atoms with Crippen molar-refractivity contribution >= 4 is 17.6 Å². The van der Waals surface area contributed by atoms with Crippen molar-refractivity contribution in [3.05, 3.63) is 41.5 Å². The van der Waals surface area contributed by atoms with Crippen LogP contribution >= 0.6 is 0 Å². The van der Waals surface area contributed by atoms with Gasteiger partial charge in [0.2, 0.25) is 0 Å². The smallest absolute Gasteiger partial charge is 0.352 e. The Labute approximate surface area is 140 Å². The van der Waals surface area contributed by atoms with Crippen LogP contribution in [0.15, 0.2) is 35.7 Å². The van der Waals surface area contributed by atoms with Crippen molar-refractivity contribution in [1.29, 1.82) is 0 Å². The molecule has 1 heterocycles. The molecule has 1 saturated heterocycles. The van der Waals surface area contributed by atoms with E-state index in [4.69, 9.17) is 9.47 Å². The predicted octanol–water partition coefficient (Wildman–Crippen LogP) is 2.68. The average molecular weight is 336 g/mol. The van der Waals surface area contributed by atoms with Crippen molar-refractivity contribution in [2.45, 2.75) is 39.4 Å². The fourth-order valence-electron chi connectivity index (χ4n) is 2.12. The highest BCUT2D eigenvalue weighted by Gasteiger charge is 2.41. The van der Waals surface area contributed by atoms with Gasteiger partial charge in [-0.25, -0.2) is 14.0 Å². The Morgan fingerprint density at radius 2 is 1.71 bits per heavy atom. The lowest BCUT2D eigenvalue weighted by molar-refractivity contribution is -0.222. The zero-order valence-corrected chi connectivity index (χ0v) is 13.9. The largest absolute Gasteiger partial charge is 0.419 e. The number of unbranched alkanes of at least 4 members (excludes halogenated alkanes) is 1. The molecule has 2 rings (SSSR count). The van der Waals surface area contributed by atoms with Gasteiger partial charge in [0.1, 0.15) is 11.6 Å². The van der Waals surface area contributed by atoms with Gasteiger partial charge < -0.3 is 20.1 Å². The summed E-state index contributed by atoms with van der Waals surface area (Å²) in [4.78, 5) is 24.4. The first-order chi connectivity index (χ1) is 11.3. The molecule has 0 aromatic heterocycles. The first kappa shape index (κ1) is 17.8. The molecule has 1 aliphatic rings. The van der Waals surface area contributed by atoms with Gasteiger partial charge in [-0.2, -0.15) is 0 Å². The van der Waals surface area contributed by atoms with Crippen LogP contribution in [0.5, 0.6) is 0 Å². The number of halogens is 1. The van der Waals surface area contributed by atoms with Gasteiger partial charge >= 0.3 is 11.9 Å². The highest BCUT2D eigenvalue weighted by molar-refractivity contribution is 6.16. The number of rotatable bonds is 6. The third-order valence-corrected chi connectivity index (χ3v) is 3.28. The van der Waals surface area contributed by atoms with E-state index in [0.717, 1.165) is 12.8 Å². The average Bonchev–Trinajstić information content (AvgIpc) is 2.47.